The van der Waals surface area contributed by atoms with Gasteiger partial charge >= 0.3 is 12.2 Å². The molecule has 4 atom stereocenters. The summed E-state index contributed by atoms with van der Waals surface area (Å²) in [7, 11) is 0. The molecular weight excluding hydrogens is 388 g/mol. The van der Waals surface area contributed by atoms with Gasteiger partial charge < -0.3 is 19.5 Å². The standard InChI is InChI=1S/C22H30N2O6/c1-14(18(25)16-11-8-12-23(16)20(27)30-22(2,3)4)19(26)24-17(13-29-21(24)28)15-9-6-5-7-10-15/h5-7,9-10,14,16-18,25H,8,11-13H2,1-4H3/t14-,16?,17+,18-/m1/s1. The summed E-state index contributed by atoms with van der Waals surface area (Å²) in [5.74, 6) is -1.41. The molecule has 2 aliphatic rings. The SMILES string of the molecule is C[C@@H](C(=O)N1C(=O)OC[C@H]1c1ccccc1)[C@@H](O)C1CCCN1C(=O)OC(C)(C)C. The molecular formula is C22H30N2O6. The van der Waals surface area contributed by atoms with Crippen molar-refractivity contribution in [2.24, 2.45) is 5.92 Å². The van der Waals surface area contributed by atoms with Crippen LogP contribution in [0, 0.1) is 5.92 Å². The fraction of sp³-hybridized carbons (Fsp3) is 0.591. The summed E-state index contributed by atoms with van der Waals surface area (Å²) < 4.78 is 10.6. The van der Waals surface area contributed by atoms with Crippen LogP contribution in [0.1, 0.15) is 52.1 Å². The second-order valence-electron chi connectivity index (χ2n) is 8.87. The van der Waals surface area contributed by atoms with E-state index in [1.165, 1.54) is 4.90 Å². The van der Waals surface area contributed by atoms with Gasteiger partial charge in [0, 0.05) is 6.54 Å². The van der Waals surface area contributed by atoms with E-state index in [-0.39, 0.29) is 6.61 Å². The number of aliphatic hydroxyl groups is 1. The molecule has 0 bridgehead atoms. The first kappa shape index (κ1) is 22.1. The molecule has 1 unspecified atom stereocenters. The zero-order valence-corrected chi connectivity index (χ0v) is 17.9. The van der Waals surface area contributed by atoms with Gasteiger partial charge in [-0.3, -0.25) is 4.79 Å². The number of rotatable bonds is 4. The maximum atomic E-state index is 13.2. The minimum atomic E-state index is -1.13. The van der Waals surface area contributed by atoms with E-state index in [0.717, 1.165) is 10.5 Å². The van der Waals surface area contributed by atoms with E-state index in [2.05, 4.69) is 0 Å². The molecule has 30 heavy (non-hydrogen) atoms. The number of hydrogen-bond donors (Lipinski definition) is 1. The molecule has 1 N–H and O–H groups in total. The van der Waals surface area contributed by atoms with Gasteiger partial charge in [0.05, 0.1) is 18.1 Å². The number of ether oxygens (including phenoxy) is 2. The first-order valence-electron chi connectivity index (χ1n) is 10.3. The second kappa shape index (κ2) is 8.63. The van der Waals surface area contributed by atoms with Crippen molar-refractivity contribution < 1.29 is 29.0 Å². The fourth-order valence-corrected chi connectivity index (χ4v) is 3.98. The average Bonchev–Trinajstić information content (AvgIpc) is 3.32. The predicted molar refractivity (Wildman–Crippen MR) is 109 cm³/mol. The van der Waals surface area contributed by atoms with Crippen LogP contribution < -0.4 is 0 Å². The Kier molecular flexibility index (Phi) is 6.36. The highest BCUT2D eigenvalue weighted by molar-refractivity contribution is 5.95. The Hall–Kier alpha value is -2.61. The minimum Gasteiger partial charge on any atom is -0.446 e. The van der Waals surface area contributed by atoms with Gasteiger partial charge in [0.15, 0.2) is 0 Å². The van der Waals surface area contributed by atoms with Crippen LogP contribution in [0.15, 0.2) is 30.3 Å². The van der Waals surface area contributed by atoms with Crippen molar-refractivity contribution in [2.75, 3.05) is 13.2 Å². The lowest BCUT2D eigenvalue weighted by Crippen LogP contribution is -2.51. The van der Waals surface area contributed by atoms with E-state index in [1.54, 1.807) is 27.7 Å². The van der Waals surface area contributed by atoms with E-state index in [1.807, 2.05) is 30.3 Å². The Labute approximate surface area is 176 Å². The fourth-order valence-electron chi connectivity index (χ4n) is 3.98. The zero-order chi connectivity index (χ0) is 22.1. The number of aliphatic hydroxyl groups excluding tert-OH is 1. The molecule has 0 aliphatic carbocycles. The van der Waals surface area contributed by atoms with E-state index in [9.17, 15) is 19.5 Å². The molecule has 8 heteroatoms. The molecule has 0 aromatic heterocycles. The van der Waals surface area contributed by atoms with Crippen LogP contribution in [-0.4, -0.2) is 63.9 Å². The van der Waals surface area contributed by atoms with E-state index in [4.69, 9.17) is 9.47 Å². The molecule has 2 aliphatic heterocycles. The smallest absolute Gasteiger partial charge is 0.417 e. The highest BCUT2D eigenvalue weighted by Gasteiger charge is 2.45. The molecule has 3 amide bonds. The van der Waals surface area contributed by atoms with Gasteiger partial charge in [0.25, 0.3) is 0 Å². The highest BCUT2D eigenvalue weighted by atomic mass is 16.6. The summed E-state index contributed by atoms with van der Waals surface area (Å²) in [6, 6.07) is 8.08. The number of nitrogens with zero attached hydrogens (tertiary/aromatic N) is 2. The molecule has 8 nitrogen and oxygen atoms in total. The molecule has 1 aromatic rings. The number of carbonyl (C=O) groups excluding carboxylic acids is 3. The van der Waals surface area contributed by atoms with Crippen molar-refractivity contribution in [3.63, 3.8) is 0 Å². The molecule has 2 heterocycles. The lowest BCUT2D eigenvalue weighted by atomic mass is 9.94. The van der Waals surface area contributed by atoms with Crippen LogP contribution in [0.3, 0.4) is 0 Å². The van der Waals surface area contributed by atoms with E-state index < -0.39 is 47.8 Å². The Balaban J connectivity index is 1.74. The Morgan fingerprint density at radius 2 is 1.90 bits per heavy atom. The Morgan fingerprint density at radius 1 is 1.23 bits per heavy atom. The van der Waals surface area contributed by atoms with Crippen molar-refractivity contribution >= 4 is 18.1 Å². The third-order valence-electron chi connectivity index (χ3n) is 5.52. The summed E-state index contributed by atoms with van der Waals surface area (Å²) in [6.45, 7) is 7.44. The van der Waals surface area contributed by atoms with Crippen LogP contribution in [0.2, 0.25) is 0 Å². The Morgan fingerprint density at radius 3 is 2.53 bits per heavy atom. The lowest BCUT2D eigenvalue weighted by Gasteiger charge is -2.34. The summed E-state index contributed by atoms with van der Waals surface area (Å²) in [5.41, 5.74) is 0.133. The quantitative estimate of drug-likeness (QED) is 0.807. The molecule has 1 aromatic carbocycles. The number of imide groups is 1. The van der Waals surface area contributed by atoms with Gasteiger partial charge in [-0.15, -0.1) is 0 Å². The number of benzene rings is 1. The Bertz CT molecular complexity index is 791. The number of carbonyl (C=O) groups is 3. The van der Waals surface area contributed by atoms with Crippen molar-refractivity contribution in [1.82, 2.24) is 9.80 Å². The van der Waals surface area contributed by atoms with Crippen LogP contribution in [0.4, 0.5) is 9.59 Å². The summed E-state index contributed by atoms with van der Waals surface area (Å²) in [5, 5.41) is 11.0. The normalized spacial score (nSPS) is 23.8. The maximum absolute atomic E-state index is 13.2. The van der Waals surface area contributed by atoms with E-state index in [0.29, 0.717) is 19.4 Å². The first-order valence-corrected chi connectivity index (χ1v) is 10.3. The third-order valence-corrected chi connectivity index (χ3v) is 5.52. The summed E-state index contributed by atoms with van der Waals surface area (Å²) in [4.78, 5) is 40.6. The predicted octanol–water partition coefficient (Wildman–Crippen LogP) is 3.10. The highest BCUT2D eigenvalue weighted by Crippen LogP contribution is 2.32. The van der Waals surface area contributed by atoms with Crippen molar-refractivity contribution in [3.05, 3.63) is 35.9 Å². The zero-order valence-electron chi connectivity index (χ0n) is 17.9. The summed E-state index contributed by atoms with van der Waals surface area (Å²) >= 11 is 0. The largest absolute Gasteiger partial charge is 0.446 e. The van der Waals surface area contributed by atoms with Gasteiger partial charge in [0.2, 0.25) is 5.91 Å². The van der Waals surface area contributed by atoms with Crippen LogP contribution in [0.25, 0.3) is 0 Å². The molecule has 2 saturated heterocycles. The van der Waals surface area contributed by atoms with Crippen LogP contribution in [0.5, 0.6) is 0 Å². The van der Waals surface area contributed by atoms with Gasteiger partial charge in [0.1, 0.15) is 18.2 Å². The number of likely N-dealkylation sites (tertiary alicyclic amines) is 1. The first-order chi connectivity index (χ1) is 14.1. The van der Waals surface area contributed by atoms with Gasteiger partial charge in [-0.25, -0.2) is 14.5 Å². The molecule has 0 radical (unpaired) electrons. The number of hydrogen-bond acceptors (Lipinski definition) is 6. The molecule has 0 saturated carbocycles. The second-order valence-corrected chi connectivity index (χ2v) is 8.87. The average molecular weight is 418 g/mol. The van der Waals surface area contributed by atoms with Crippen LogP contribution in [-0.2, 0) is 14.3 Å². The minimum absolute atomic E-state index is 0.0743. The topological polar surface area (TPSA) is 96.4 Å². The molecule has 2 fully saturated rings. The van der Waals surface area contributed by atoms with Crippen LogP contribution >= 0.6 is 0 Å². The van der Waals surface area contributed by atoms with E-state index >= 15 is 0 Å². The van der Waals surface area contributed by atoms with Gasteiger partial charge in [-0.1, -0.05) is 37.3 Å². The van der Waals surface area contributed by atoms with Gasteiger partial charge in [-0.2, -0.15) is 0 Å². The van der Waals surface area contributed by atoms with Crippen molar-refractivity contribution in [2.45, 2.75) is 64.3 Å². The van der Waals surface area contributed by atoms with Crippen molar-refractivity contribution in [3.8, 4) is 0 Å². The molecule has 164 valence electrons. The maximum Gasteiger partial charge on any atom is 0.417 e. The monoisotopic (exact) mass is 418 g/mol. The summed E-state index contributed by atoms with van der Waals surface area (Å²) in [6.07, 6.45) is -1.09. The molecule has 0 spiro atoms. The van der Waals surface area contributed by atoms with Crippen molar-refractivity contribution in [1.29, 1.82) is 0 Å². The molecule has 3 rings (SSSR count). The third kappa shape index (κ3) is 4.59. The number of cyclic esters (lactones) is 1. The lowest BCUT2D eigenvalue weighted by molar-refractivity contribution is -0.138. The van der Waals surface area contributed by atoms with Gasteiger partial charge in [-0.05, 0) is 39.2 Å². The number of amides is 3.